The molecule has 240 valence electrons. The number of anilines is 2. The minimum Gasteiger partial charge on any atom is -0.444 e. The van der Waals surface area contributed by atoms with Crippen molar-refractivity contribution in [2.45, 2.75) is 64.6 Å². The van der Waals surface area contributed by atoms with E-state index in [1.54, 1.807) is 34.1 Å². The zero-order valence-corrected chi connectivity index (χ0v) is 26.8. The number of nitrogens with one attached hydrogen (secondary N) is 1. The van der Waals surface area contributed by atoms with Crippen molar-refractivity contribution < 1.29 is 27.8 Å². The average molecular weight is 650 g/mol. The van der Waals surface area contributed by atoms with Crippen LogP contribution in [-0.2, 0) is 27.4 Å². The molecule has 0 aliphatic carbocycles. The van der Waals surface area contributed by atoms with Gasteiger partial charge in [-0.2, -0.15) is 5.26 Å². The van der Waals surface area contributed by atoms with Crippen molar-refractivity contribution in [3.05, 3.63) is 40.7 Å². The van der Waals surface area contributed by atoms with Crippen LogP contribution in [0.25, 0.3) is 32.2 Å². The first-order chi connectivity index (χ1) is 22.1. The molecule has 0 unspecified atom stereocenters. The molecule has 1 amide bonds. The van der Waals surface area contributed by atoms with Gasteiger partial charge in [-0.15, -0.1) is 11.3 Å². The Balaban J connectivity index is 1.29. The quantitative estimate of drug-likeness (QED) is 0.286. The molecule has 3 aromatic heterocycles. The summed E-state index contributed by atoms with van der Waals surface area (Å²) in [7, 11) is 1.74. The van der Waals surface area contributed by atoms with Gasteiger partial charge in [-0.05, 0) is 44.7 Å². The molecule has 2 saturated heterocycles. The van der Waals surface area contributed by atoms with Gasteiger partial charge in [0.05, 0.1) is 41.5 Å². The Labute approximate surface area is 268 Å². The van der Waals surface area contributed by atoms with E-state index >= 15 is 8.78 Å². The largest absolute Gasteiger partial charge is 0.444 e. The normalized spacial score (nSPS) is 17.7. The summed E-state index contributed by atoms with van der Waals surface area (Å²) in [6.45, 7) is 8.79. The van der Waals surface area contributed by atoms with Crippen LogP contribution < -0.4 is 10.2 Å². The maximum atomic E-state index is 16.8. The van der Waals surface area contributed by atoms with Crippen molar-refractivity contribution in [1.29, 1.82) is 5.26 Å². The van der Waals surface area contributed by atoms with Crippen LogP contribution in [0.2, 0.25) is 0 Å². The Morgan fingerprint density at radius 2 is 1.89 bits per heavy atom. The van der Waals surface area contributed by atoms with Crippen LogP contribution in [-0.4, -0.2) is 77.0 Å². The number of aromatic nitrogens is 3. The summed E-state index contributed by atoms with van der Waals surface area (Å²) >= 11 is 0.866. The zero-order chi connectivity index (χ0) is 32.3. The number of fused-ring (bicyclic) bond motifs is 4. The fourth-order valence-corrected chi connectivity index (χ4v) is 7.54. The molecule has 11 nitrogen and oxygen atoms in total. The third-order valence-corrected chi connectivity index (χ3v) is 9.91. The SMILES string of the molecule is COC1CN(C2CCN(c3ncc4c5c(c(-c6ncc(F)c7sc(NC(=O)OC(C)(C)C)c(C#N)c67)c(F)c4n3)COC5)CC2)C1. The smallest absolute Gasteiger partial charge is 0.412 e. The van der Waals surface area contributed by atoms with E-state index in [1.807, 2.05) is 0 Å². The number of amides is 1. The Hall–Kier alpha value is -4.03. The minimum atomic E-state index is -0.797. The topological polar surface area (TPSA) is 126 Å². The van der Waals surface area contributed by atoms with Gasteiger partial charge in [-0.25, -0.2) is 23.5 Å². The lowest BCUT2D eigenvalue weighted by Crippen LogP contribution is -2.58. The zero-order valence-electron chi connectivity index (χ0n) is 25.9. The van der Waals surface area contributed by atoms with Crippen LogP contribution >= 0.6 is 11.3 Å². The van der Waals surface area contributed by atoms with Crippen LogP contribution in [0.5, 0.6) is 0 Å². The first kappa shape index (κ1) is 30.6. The highest BCUT2D eigenvalue weighted by molar-refractivity contribution is 7.23. The molecule has 0 radical (unpaired) electrons. The highest BCUT2D eigenvalue weighted by atomic mass is 32.1. The molecule has 1 aromatic carbocycles. The number of piperidine rings is 1. The monoisotopic (exact) mass is 649 g/mol. The number of ether oxygens (including phenoxy) is 3. The van der Waals surface area contributed by atoms with Crippen molar-refractivity contribution in [1.82, 2.24) is 19.9 Å². The molecule has 3 aliphatic rings. The summed E-state index contributed by atoms with van der Waals surface area (Å²) in [4.78, 5) is 30.8. The number of nitrogens with zero attached hydrogens (tertiary/aromatic N) is 6. The van der Waals surface area contributed by atoms with Crippen LogP contribution in [0.1, 0.15) is 50.3 Å². The first-order valence-electron chi connectivity index (χ1n) is 15.2. The summed E-state index contributed by atoms with van der Waals surface area (Å²) in [6, 6.07) is 2.53. The Bertz CT molecular complexity index is 1910. The van der Waals surface area contributed by atoms with E-state index in [9.17, 15) is 10.1 Å². The molecule has 0 atom stereocenters. The minimum absolute atomic E-state index is 0.0368. The second-order valence-corrected chi connectivity index (χ2v) is 13.8. The van der Waals surface area contributed by atoms with Crippen molar-refractivity contribution in [3.63, 3.8) is 0 Å². The summed E-state index contributed by atoms with van der Waals surface area (Å²) in [6.07, 6.45) is 4.03. The van der Waals surface area contributed by atoms with Gasteiger partial charge in [-0.1, -0.05) is 0 Å². The van der Waals surface area contributed by atoms with Gasteiger partial charge in [0.15, 0.2) is 11.6 Å². The predicted octanol–water partition coefficient (Wildman–Crippen LogP) is 5.73. The van der Waals surface area contributed by atoms with E-state index < -0.39 is 23.3 Å². The van der Waals surface area contributed by atoms with Crippen molar-refractivity contribution >= 4 is 49.4 Å². The third kappa shape index (κ3) is 5.30. The number of benzene rings is 1. The molecule has 4 aromatic rings. The van der Waals surface area contributed by atoms with Crippen molar-refractivity contribution in [3.8, 4) is 17.3 Å². The second kappa shape index (κ2) is 11.6. The van der Waals surface area contributed by atoms with Crippen LogP contribution in [0.3, 0.4) is 0 Å². The van der Waals surface area contributed by atoms with E-state index in [2.05, 4.69) is 31.2 Å². The molecule has 1 N–H and O–H groups in total. The third-order valence-electron chi connectivity index (χ3n) is 8.79. The fourth-order valence-electron chi connectivity index (χ4n) is 6.50. The number of carbonyl (C=O) groups is 1. The number of pyridine rings is 1. The number of hydrogen-bond donors (Lipinski definition) is 1. The van der Waals surface area contributed by atoms with E-state index in [1.165, 1.54) is 0 Å². The lowest BCUT2D eigenvalue weighted by Gasteiger charge is -2.46. The van der Waals surface area contributed by atoms with Crippen molar-refractivity contribution in [2.24, 2.45) is 0 Å². The van der Waals surface area contributed by atoms with E-state index in [0.29, 0.717) is 29.0 Å². The van der Waals surface area contributed by atoms with Gasteiger partial charge < -0.3 is 19.1 Å². The molecule has 0 spiro atoms. The van der Waals surface area contributed by atoms with Gasteiger partial charge in [-0.3, -0.25) is 15.2 Å². The van der Waals surface area contributed by atoms with Crippen molar-refractivity contribution in [2.75, 3.05) is 43.5 Å². The number of thiophene rings is 1. The molecular formula is C32H33F2N7O4S. The van der Waals surface area contributed by atoms with E-state index in [4.69, 9.17) is 19.2 Å². The summed E-state index contributed by atoms with van der Waals surface area (Å²) in [5.74, 6) is -0.918. The summed E-state index contributed by atoms with van der Waals surface area (Å²) < 4.78 is 48.6. The van der Waals surface area contributed by atoms with Gasteiger partial charge in [0.2, 0.25) is 5.95 Å². The number of methoxy groups -OCH3 is 1. The number of rotatable bonds is 5. The number of nitriles is 1. The number of carbonyl (C=O) groups excluding carboxylic acids is 1. The Morgan fingerprint density at radius 3 is 2.59 bits per heavy atom. The maximum absolute atomic E-state index is 16.8. The van der Waals surface area contributed by atoms with Crippen LogP contribution in [0.4, 0.5) is 24.5 Å². The summed E-state index contributed by atoms with van der Waals surface area (Å²) in [5, 5.41) is 13.5. The summed E-state index contributed by atoms with van der Waals surface area (Å²) in [5.41, 5.74) is 0.719. The number of halogens is 2. The highest BCUT2D eigenvalue weighted by Crippen LogP contribution is 2.46. The molecule has 0 saturated carbocycles. The molecular weight excluding hydrogens is 616 g/mol. The molecule has 14 heteroatoms. The Kier molecular flexibility index (Phi) is 7.75. The first-order valence-corrected chi connectivity index (χ1v) is 16.0. The van der Waals surface area contributed by atoms with Gasteiger partial charge >= 0.3 is 6.09 Å². The molecule has 2 fully saturated rings. The molecule has 3 aliphatic heterocycles. The highest BCUT2D eigenvalue weighted by Gasteiger charge is 2.35. The van der Waals surface area contributed by atoms with Gasteiger partial charge in [0.25, 0.3) is 0 Å². The van der Waals surface area contributed by atoms with E-state index in [-0.39, 0.29) is 50.6 Å². The predicted molar refractivity (Wildman–Crippen MR) is 169 cm³/mol. The van der Waals surface area contributed by atoms with E-state index in [0.717, 1.165) is 62.1 Å². The molecule has 6 heterocycles. The molecule has 46 heavy (non-hydrogen) atoms. The number of likely N-dealkylation sites (tertiary alicyclic amines) is 1. The lowest BCUT2D eigenvalue weighted by molar-refractivity contribution is -0.0547. The Morgan fingerprint density at radius 1 is 1.15 bits per heavy atom. The fraction of sp³-hybridized carbons (Fsp3) is 0.469. The lowest BCUT2D eigenvalue weighted by atomic mass is 9.94. The number of hydrogen-bond acceptors (Lipinski definition) is 11. The molecule has 7 rings (SSSR count). The van der Waals surface area contributed by atoms with Gasteiger partial charge in [0.1, 0.15) is 22.2 Å². The van der Waals surface area contributed by atoms with Gasteiger partial charge in [0, 0.05) is 61.9 Å². The second-order valence-electron chi connectivity index (χ2n) is 12.8. The maximum Gasteiger partial charge on any atom is 0.412 e. The van der Waals surface area contributed by atoms with Crippen LogP contribution in [0, 0.1) is 23.0 Å². The standard InChI is InChI=1S/C32H33F2N7O4S/c1-32(2,3)45-31(42)39-29-18(9-35)24-27(36-11-22(33)28(24)46-29)23-21-15-44-14-20(21)19-10-37-30(38-26(19)25(23)34)40-7-5-16(6-8-40)41-12-17(13-41)43-4/h10-11,16-17H,5-8,12-15H2,1-4H3,(H,39,42). The van der Waals surface area contributed by atoms with Crippen LogP contribution in [0.15, 0.2) is 12.4 Å². The molecule has 0 bridgehead atoms. The average Bonchev–Trinajstić information content (AvgIpc) is 3.62.